The van der Waals surface area contributed by atoms with Gasteiger partial charge in [0.15, 0.2) is 0 Å². The Morgan fingerprint density at radius 2 is 2.15 bits per heavy atom. The molecule has 1 atom stereocenters. The van der Waals surface area contributed by atoms with E-state index >= 15 is 0 Å². The lowest BCUT2D eigenvalue weighted by atomic mass is 10.0. The van der Waals surface area contributed by atoms with Gasteiger partial charge in [0.2, 0.25) is 5.91 Å². The predicted octanol–water partition coefficient (Wildman–Crippen LogP) is 1.63. The standard InChI is InChI=1S/C15H24N2O3/c1-11(2)7-13(10-18)16-9-15(19)17-12-5-4-6-14(8-12)20-3/h4-6,8,11,13,16,18H,7,9-10H2,1-3H3,(H,17,19). The van der Waals surface area contributed by atoms with Gasteiger partial charge in [-0.2, -0.15) is 0 Å². The third-order valence-corrected chi connectivity index (χ3v) is 2.88. The Morgan fingerprint density at radius 3 is 2.75 bits per heavy atom. The van der Waals surface area contributed by atoms with E-state index in [2.05, 4.69) is 24.5 Å². The molecule has 0 saturated heterocycles. The number of amides is 1. The molecule has 0 aliphatic rings. The van der Waals surface area contributed by atoms with Crippen LogP contribution in [0.2, 0.25) is 0 Å². The molecular weight excluding hydrogens is 256 g/mol. The van der Waals surface area contributed by atoms with Crippen molar-refractivity contribution in [1.82, 2.24) is 5.32 Å². The van der Waals surface area contributed by atoms with Gasteiger partial charge >= 0.3 is 0 Å². The normalized spacial score (nSPS) is 12.2. The summed E-state index contributed by atoms with van der Waals surface area (Å²) in [5.41, 5.74) is 0.695. The van der Waals surface area contributed by atoms with E-state index in [1.807, 2.05) is 12.1 Å². The number of rotatable bonds is 8. The Bertz CT molecular complexity index is 421. The van der Waals surface area contributed by atoms with E-state index in [9.17, 15) is 9.90 Å². The van der Waals surface area contributed by atoms with Crippen LogP contribution in [-0.2, 0) is 4.79 Å². The number of ether oxygens (including phenoxy) is 1. The number of aliphatic hydroxyl groups is 1. The van der Waals surface area contributed by atoms with E-state index in [1.165, 1.54) is 0 Å². The molecule has 1 aromatic carbocycles. The first-order valence-electron chi connectivity index (χ1n) is 6.83. The minimum atomic E-state index is -0.138. The van der Waals surface area contributed by atoms with Crippen LogP contribution >= 0.6 is 0 Å². The Labute approximate surface area is 120 Å². The lowest BCUT2D eigenvalue weighted by molar-refractivity contribution is -0.115. The summed E-state index contributed by atoms with van der Waals surface area (Å²) in [5.74, 6) is 1.03. The summed E-state index contributed by atoms with van der Waals surface area (Å²) < 4.78 is 5.10. The average Bonchev–Trinajstić information content (AvgIpc) is 2.43. The molecule has 0 aliphatic heterocycles. The SMILES string of the molecule is COc1cccc(NC(=O)CNC(CO)CC(C)C)c1. The molecule has 0 spiro atoms. The van der Waals surface area contributed by atoms with Gasteiger partial charge < -0.3 is 20.5 Å². The van der Waals surface area contributed by atoms with Crippen LogP contribution in [-0.4, -0.2) is 37.3 Å². The highest BCUT2D eigenvalue weighted by Crippen LogP contribution is 2.16. The number of hydrogen-bond donors (Lipinski definition) is 3. The van der Waals surface area contributed by atoms with Gasteiger partial charge in [-0.3, -0.25) is 4.79 Å². The van der Waals surface area contributed by atoms with Crippen LogP contribution in [0.5, 0.6) is 5.75 Å². The van der Waals surface area contributed by atoms with Crippen LogP contribution in [0.3, 0.4) is 0 Å². The average molecular weight is 280 g/mol. The molecular formula is C15H24N2O3. The molecule has 0 aromatic heterocycles. The molecule has 1 unspecified atom stereocenters. The molecule has 3 N–H and O–H groups in total. The molecule has 1 rings (SSSR count). The lowest BCUT2D eigenvalue weighted by Gasteiger charge is -2.18. The highest BCUT2D eigenvalue weighted by molar-refractivity contribution is 5.92. The van der Waals surface area contributed by atoms with Crippen LogP contribution in [0.15, 0.2) is 24.3 Å². The van der Waals surface area contributed by atoms with Crippen molar-refractivity contribution in [2.24, 2.45) is 5.92 Å². The quantitative estimate of drug-likeness (QED) is 0.677. The minimum Gasteiger partial charge on any atom is -0.497 e. The van der Waals surface area contributed by atoms with Gasteiger partial charge in [0.25, 0.3) is 0 Å². The van der Waals surface area contributed by atoms with E-state index in [0.717, 1.165) is 6.42 Å². The van der Waals surface area contributed by atoms with E-state index in [4.69, 9.17) is 4.74 Å². The number of aliphatic hydroxyl groups excluding tert-OH is 1. The zero-order chi connectivity index (χ0) is 15.0. The molecule has 0 saturated carbocycles. The van der Waals surface area contributed by atoms with Gasteiger partial charge in [-0.05, 0) is 24.5 Å². The molecule has 1 amide bonds. The van der Waals surface area contributed by atoms with Crippen LogP contribution in [0, 0.1) is 5.92 Å². The Balaban J connectivity index is 2.42. The first kappa shape index (κ1) is 16.5. The Hall–Kier alpha value is -1.59. The zero-order valence-electron chi connectivity index (χ0n) is 12.3. The molecule has 1 aromatic rings. The Kier molecular flexibility index (Phi) is 7.04. The van der Waals surface area contributed by atoms with Gasteiger partial charge in [-0.15, -0.1) is 0 Å². The third-order valence-electron chi connectivity index (χ3n) is 2.88. The lowest BCUT2D eigenvalue weighted by Crippen LogP contribution is -2.39. The monoisotopic (exact) mass is 280 g/mol. The zero-order valence-corrected chi connectivity index (χ0v) is 12.3. The van der Waals surface area contributed by atoms with Gasteiger partial charge in [0, 0.05) is 17.8 Å². The van der Waals surface area contributed by atoms with E-state index < -0.39 is 0 Å². The number of carbonyl (C=O) groups excluding carboxylic acids is 1. The molecule has 0 aliphatic carbocycles. The molecule has 5 nitrogen and oxygen atoms in total. The van der Waals surface area contributed by atoms with Gasteiger partial charge in [-0.25, -0.2) is 0 Å². The fraction of sp³-hybridized carbons (Fsp3) is 0.533. The number of benzene rings is 1. The fourth-order valence-electron chi connectivity index (χ4n) is 1.93. The Morgan fingerprint density at radius 1 is 1.40 bits per heavy atom. The van der Waals surface area contributed by atoms with Crippen molar-refractivity contribution in [3.63, 3.8) is 0 Å². The number of hydrogen-bond acceptors (Lipinski definition) is 4. The second kappa shape index (κ2) is 8.55. The molecule has 5 heteroatoms. The van der Waals surface area contributed by atoms with E-state index in [-0.39, 0.29) is 25.1 Å². The number of carbonyl (C=O) groups is 1. The fourth-order valence-corrected chi connectivity index (χ4v) is 1.93. The van der Waals surface area contributed by atoms with Crippen LogP contribution < -0.4 is 15.4 Å². The van der Waals surface area contributed by atoms with E-state index in [0.29, 0.717) is 17.4 Å². The smallest absolute Gasteiger partial charge is 0.238 e. The third kappa shape index (κ3) is 6.04. The summed E-state index contributed by atoms with van der Waals surface area (Å²) in [5, 5.41) is 15.1. The van der Waals surface area contributed by atoms with E-state index in [1.54, 1.807) is 19.2 Å². The second-order valence-corrected chi connectivity index (χ2v) is 5.17. The van der Waals surface area contributed by atoms with Crippen molar-refractivity contribution in [3.8, 4) is 5.75 Å². The summed E-state index contributed by atoms with van der Waals surface area (Å²) in [6.07, 6.45) is 0.836. The van der Waals surface area contributed by atoms with Crippen LogP contribution in [0.1, 0.15) is 20.3 Å². The summed E-state index contributed by atoms with van der Waals surface area (Å²) >= 11 is 0. The first-order chi connectivity index (χ1) is 9.55. The second-order valence-electron chi connectivity index (χ2n) is 5.17. The van der Waals surface area contributed by atoms with Gasteiger partial charge in [0.05, 0.1) is 20.3 Å². The molecule has 112 valence electrons. The molecule has 0 heterocycles. The van der Waals surface area contributed by atoms with Gasteiger partial charge in [0.1, 0.15) is 5.75 Å². The summed E-state index contributed by atoms with van der Waals surface area (Å²) in [4.78, 5) is 11.8. The maximum Gasteiger partial charge on any atom is 0.238 e. The summed E-state index contributed by atoms with van der Waals surface area (Å²) in [6, 6.07) is 7.15. The molecule has 0 bridgehead atoms. The maximum atomic E-state index is 11.8. The van der Waals surface area contributed by atoms with Crippen molar-refractivity contribution >= 4 is 11.6 Å². The number of nitrogens with one attached hydrogen (secondary N) is 2. The highest BCUT2D eigenvalue weighted by Gasteiger charge is 2.11. The molecule has 20 heavy (non-hydrogen) atoms. The highest BCUT2D eigenvalue weighted by atomic mass is 16.5. The largest absolute Gasteiger partial charge is 0.497 e. The summed E-state index contributed by atoms with van der Waals surface area (Å²) in [7, 11) is 1.58. The van der Waals surface area contributed by atoms with Crippen molar-refractivity contribution in [2.45, 2.75) is 26.3 Å². The maximum absolute atomic E-state index is 11.8. The van der Waals surface area contributed by atoms with Crippen molar-refractivity contribution in [1.29, 1.82) is 0 Å². The minimum absolute atomic E-state index is 0.0324. The predicted molar refractivity (Wildman–Crippen MR) is 80.0 cm³/mol. The van der Waals surface area contributed by atoms with Crippen LogP contribution in [0.25, 0.3) is 0 Å². The van der Waals surface area contributed by atoms with Gasteiger partial charge in [-0.1, -0.05) is 19.9 Å². The van der Waals surface area contributed by atoms with Crippen molar-refractivity contribution in [2.75, 3.05) is 25.6 Å². The first-order valence-corrected chi connectivity index (χ1v) is 6.83. The summed E-state index contributed by atoms with van der Waals surface area (Å²) in [6.45, 7) is 4.38. The molecule has 0 fully saturated rings. The number of methoxy groups -OCH3 is 1. The van der Waals surface area contributed by atoms with Crippen LogP contribution in [0.4, 0.5) is 5.69 Å². The topological polar surface area (TPSA) is 70.6 Å². The van der Waals surface area contributed by atoms with Crippen molar-refractivity contribution < 1.29 is 14.6 Å². The van der Waals surface area contributed by atoms with Crippen molar-refractivity contribution in [3.05, 3.63) is 24.3 Å². The molecule has 0 radical (unpaired) electrons. The number of anilines is 1.